The van der Waals surface area contributed by atoms with Crippen LogP contribution < -0.4 is 16.7 Å². The Labute approximate surface area is 93.6 Å². The summed E-state index contributed by atoms with van der Waals surface area (Å²) in [5.41, 5.74) is 0.513. The number of nitrogens with one attached hydrogen (secondary N) is 2. The fraction of sp³-hybridized carbons (Fsp3) is 0.250. The maximum absolute atomic E-state index is 11.2. The molecule has 0 saturated heterocycles. The highest BCUT2D eigenvalue weighted by Gasteiger charge is 2.05. The smallest absolute Gasteiger partial charge is 0.332 e. The summed E-state index contributed by atoms with van der Waals surface area (Å²) in [5, 5.41) is 8.22. The molecule has 0 aliphatic heterocycles. The molecule has 17 heavy (non-hydrogen) atoms. The standard InChI is InChI=1S/C8H9N3O6/c12-5-1-2-11(8(16)9-5)3-6(13)10-17-4-7(14)15/h1-2H,3-4H2,(H,10,13)(H,14,15)(H,9,12,16). The number of amides is 1. The first-order valence-electron chi connectivity index (χ1n) is 4.41. The first kappa shape index (κ1) is 12.6. The van der Waals surface area contributed by atoms with E-state index in [2.05, 4.69) is 4.84 Å². The monoisotopic (exact) mass is 243 g/mol. The van der Waals surface area contributed by atoms with Crippen molar-refractivity contribution < 1.29 is 19.5 Å². The topological polar surface area (TPSA) is 130 Å². The molecule has 1 amide bonds. The number of carbonyl (C=O) groups is 2. The number of hydroxylamine groups is 1. The van der Waals surface area contributed by atoms with Crippen LogP contribution in [0, 0.1) is 0 Å². The van der Waals surface area contributed by atoms with Crippen molar-refractivity contribution >= 4 is 11.9 Å². The summed E-state index contributed by atoms with van der Waals surface area (Å²) in [5.74, 6) is -1.97. The third-order valence-corrected chi connectivity index (χ3v) is 1.59. The SMILES string of the molecule is O=C(O)CONC(=O)Cn1ccc(=O)[nH]c1=O. The van der Waals surface area contributed by atoms with Gasteiger partial charge in [0.05, 0.1) is 0 Å². The minimum atomic E-state index is -1.24. The molecule has 0 aromatic carbocycles. The lowest BCUT2D eigenvalue weighted by atomic mass is 10.5. The number of aromatic amines is 1. The fourth-order valence-corrected chi connectivity index (χ4v) is 0.934. The highest BCUT2D eigenvalue weighted by Crippen LogP contribution is 1.78. The van der Waals surface area contributed by atoms with Crippen molar-refractivity contribution in [2.75, 3.05) is 6.61 Å². The maximum Gasteiger partial charge on any atom is 0.332 e. The number of rotatable bonds is 5. The molecule has 1 rings (SSSR count). The van der Waals surface area contributed by atoms with Crippen LogP contribution in [0.25, 0.3) is 0 Å². The molecule has 0 saturated carbocycles. The first-order chi connectivity index (χ1) is 7.99. The molecule has 9 heteroatoms. The van der Waals surface area contributed by atoms with Gasteiger partial charge >= 0.3 is 11.7 Å². The molecule has 0 unspecified atom stereocenters. The second-order valence-electron chi connectivity index (χ2n) is 2.95. The number of hydrogen-bond donors (Lipinski definition) is 3. The molecule has 9 nitrogen and oxygen atoms in total. The Kier molecular flexibility index (Phi) is 4.17. The van der Waals surface area contributed by atoms with E-state index in [1.54, 1.807) is 0 Å². The Balaban J connectivity index is 2.54. The summed E-state index contributed by atoms with van der Waals surface area (Å²) in [6.45, 7) is -1.08. The van der Waals surface area contributed by atoms with E-state index in [-0.39, 0.29) is 0 Å². The number of aliphatic carboxylic acids is 1. The summed E-state index contributed by atoms with van der Waals surface area (Å²) in [6, 6.07) is 1.08. The largest absolute Gasteiger partial charge is 0.479 e. The molecule has 0 radical (unpaired) electrons. The lowest BCUT2D eigenvalue weighted by Crippen LogP contribution is -2.36. The number of H-pyrrole nitrogens is 1. The van der Waals surface area contributed by atoms with Crippen LogP contribution in [0.2, 0.25) is 0 Å². The zero-order chi connectivity index (χ0) is 12.8. The van der Waals surface area contributed by atoms with Gasteiger partial charge in [-0.2, -0.15) is 0 Å². The van der Waals surface area contributed by atoms with E-state index in [1.807, 2.05) is 10.5 Å². The lowest BCUT2D eigenvalue weighted by Gasteiger charge is -2.05. The van der Waals surface area contributed by atoms with E-state index < -0.39 is 36.3 Å². The Morgan fingerprint density at radius 3 is 2.76 bits per heavy atom. The molecule has 0 aliphatic carbocycles. The first-order valence-corrected chi connectivity index (χ1v) is 4.41. The van der Waals surface area contributed by atoms with Crippen LogP contribution in [-0.4, -0.2) is 33.1 Å². The predicted octanol–water partition coefficient (Wildman–Crippen LogP) is -2.33. The van der Waals surface area contributed by atoms with E-state index in [0.717, 1.165) is 16.8 Å². The maximum atomic E-state index is 11.2. The van der Waals surface area contributed by atoms with Gasteiger partial charge in [0.1, 0.15) is 6.54 Å². The molecule has 0 spiro atoms. The van der Waals surface area contributed by atoms with E-state index in [0.29, 0.717) is 0 Å². The van der Waals surface area contributed by atoms with Crippen molar-refractivity contribution in [3.05, 3.63) is 33.1 Å². The summed E-state index contributed by atoms with van der Waals surface area (Å²) in [7, 11) is 0. The third-order valence-electron chi connectivity index (χ3n) is 1.59. The second-order valence-corrected chi connectivity index (χ2v) is 2.95. The number of hydrogen-bond acceptors (Lipinski definition) is 5. The number of nitrogens with zero attached hydrogens (tertiary/aromatic N) is 1. The molecule has 1 aromatic rings. The molecule has 3 N–H and O–H groups in total. The van der Waals surface area contributed by atoms with Crippen molar-refractivity contribution in [1.82, 2.24) is 15.0 Å². The van der Waals surface area contributed by atoms with Gasteiger partial charge in [-0.25, -0.2) is 15.1 Å². The number of carboxylic acids is 1. The second kappa shape index (κ2) is 5.61. The average molecular weight is 243 g/mol. The summed E-state index contributed by atoms with van der Waals surface area (Å²) in [6.07, 6.45) is 1.14. The van der Waals surface area contributed by atoms with Gasteiger partial charge in [0.25, 0.3) is 11.5 Å². The van der Waals surface area contributed by atoms with Crippen LogP contribution in [0.4, 0.5) is 0 Å². The summed E-state index contributed by atoms with van der Waals surface area (Å²) < 4.78 is 0.931. The number of carbonyl (C=O) groups excluding carboxylic acids is 1. The van der Waals surface area contributed by atoms with Gasteiger partial charge in [-0.3, -0.25) is 24.0 Å². The van der Waals surface area contributed by atoms with Gasteiger partial charge in [0, 0.05) is 12.3 Å². The molecule has 0 bridgehead atoms. The zero-order valence-corrected chi connectivity index (χ0v) is 8.50. The summed E-state index contributed by atoms with van der Waals surface area (Å²) >= 11 is 0. The Hall–Kier alpha value is -2.42. The molecule has 0 fully saturated rings. The Morgan fingerprint density at radius 1 is 1.47 bits per heavy atom. The highest BCUT2D eigenvalue weighted by atomic mass is 16.7. The van der Waals surface area contributed by atoms with Gasteiger partial charge in [-0.05, 0) is 0 Å². The van der Waals surface area contributed by atoms with E-state index in [4.69, 9.17) is 5.11 Å². The Bertz CT molecular complexity index is 531. The molecule has 1 aromatic heterocycles. The van der Waals surface area contributed by atoms with Gasteiger partial charge in [-0.1, -0.05) is 0 Å². The highest BCUT2D eigenvalue weighted by molar-refractivity contribution is 5.75. The molecule has 92 valence electrons. The quantitative estimate of drug-likeness (QED) is 0.497. The molecule has 0 aliphatic rings. The van der Waals surface area contributed by atoms with Crippen molar-refractivity contribution in [1.29, 1.82) is 0 Å². The van der Waals surface area contributed by atoms with E-state index in [9.17, 15) is 19.2 Å². The molecular weight excluding hydrogens is 234 g/mol. The van der Waals surface area contributed by atoms with Crippen LogP contribution in [0.15, 0.2) is 21.9 Å². The van der Waals surface area contributed by atoms with E-state index >= 15 is 0 Å². The van der Waals surface area contributed by atoms with Crippen LogP contribution in [-0.2, 0) is 21.0 Å². The van der Waals surface area contributed by atoms with Gasteiger partial charge in [0.2, 0.25) is 0 Å². The summed E-state index contributed by atoms with van der Waals surface area (Å²) in [4.78, 5) is 49.3. The number of carboxylic acid groups (broad SMARTS) is 1. The van der Waals surface area contributed by atoms with Gasteiger partial charge in [0.15, 0.2) is 6.61 Å². The lowest BCUT2D eigenvalue weighted by molar-refractivity contribution is -0.149. The molecule has 1 heterocycles. The zero-order valence-electron chi connectivity index (χ0n) is 8.50. The average Bonchev–Trinajstić information content (AvgIpc) is 2.21. The normalized spacial score (nSPS) is 9.88. The fourth-order valence-electron chi connectivity index (χ4n) is 0.934. The Morgan fingerprint density at radius 2 is 2.18 bits per heavy atom. The minimum absolute atomic E-state index is 0.394. The van der Waals surface area contributed by atoms with Crippen LogP contribution in [0.1, 0.15) is 0 Å². The van der Waals surface area contributed by atoms with Gasteiger partial charge < -0.3 is 5.11 Å². The van der Waals surface area contributed by atoms with Crippen molar-refractivity contribution in [3.63, 3.8) is 0 Å². The third kappa shape index (κ3) is 4.30. The van der Waals surface area contributed by atoms with Crippen LogP contribution >= 0.6 is 0 Å². The molecule has 0 atom stereocenters. The van der Waals surface area contributed by atoms with Crippen molar-refractivity contribution in [3.8, 4) is 0 Å². The van der Waals surface area contributed by atoms with E-state index in [1.165, 1.54) is 0 Å². The van der Waals surface area contributed by atoms with Crippen molar-refractivity contribution in [2.24, 2.45) is 0 Å². The van der Waals surface area contributed by atoms with Crippen LogP contribution in [0.3, 0.4) is 0 Å². The van der Waals surface area contributed by atoms with Crippen LogP contribution in [0.5, 0.6) is 0 Å². The predicted molar refractivity (Wildman–Crippen MR) is 53.1 cm³/mol. The van der Waals surface area contributed by atoms with Gasteiger partial charge in [-0.15, -0.1) is 0 Å². The minimum Gasteiger partial charge on any atom is -0.479 e. The van der Waals surface area contributed by atoms with Crippen molar-refractivity contribution in [2.45, 2.75) is 6.54 Å². The number of aromatic nitrogens is 2. The molecular formula is C8H9N3O6.